The van der Waals surface area contributed by atoms with Crippen LogP contribution in [0.4, 0.5) is 0 Å². The lowest BCUT2D eigenvalue weighted by Crippen LogP contribution is -2.41. The zero-order valence-corrected chi connectivity index (χ0v) is 16.0. The SMILES string of the molecule is CCCCCCCCCC(CCCC)(OC)C(=O)c1ccccc1. The van der Waals surface area contributed by atoms with Gasteiger partial charge in [0.1, 0.15) is 5.60 Å². The van der Waals surface area contributed by atoms with Gasteiger partial charge >= 0.3 is 0 Å². The lowest BCUT2D eigenvalue weighted by molar-refractivity contribution is -0.0108. The summed E-state index contributed by atoms with van der Waals surface area (Å²) in [5.41, 5.74) is 0.138. The van der Waals surface area contributed by atoms with Crippen LogP contribution in [-0.2, 0) is 4.74 Å². The average Bonchev–Trinajstić information content (AvgIpc) is 2.64. The lowest BCUT2D eigenvalue weighted by Gasteiger charge is -2.31. The van der Waals surface area contributed by atoms with E-state index in [0.29, 0.717) is 0 Å². The Hall–Kier alpha value is -1.15. The minimum absolute atomic E-state index is 0.157. The molecule has 1 aromatic rings. The number of hydrogen-bond donors (Lipinski definition) is 0. The third kappa shape index (κ3) is 6.76. The van der Waals surface area contributed by atoms with Crippen molar-refractivity contribution < 1.29 is 9.53 Å². The molecule has 2 heteroatoms. The maximum atomic E-state index is 13.1. The zero-order chi connectivity index (χ0) is 17.7. The van der Waals surface area contributed by atoms with Crippen LogP contribution >= 0.6 is 0 Å². The van der Waals surface area contributed by atoms with Gasteiger partial charge in [-0.15, -0.1) is 0 Å². The largest absolute Gasteiger partial charge is 0.370 e. The molecule has 0 saturated heterocycles. The second-order valence-corrected chi connectivity index (χ2v) is 6.87. The van der Waals surface area contributed by atoms with Gasteiger partial charge in [-0.3, -0.25) is 4.79 Å². The summed E-state index contributed by atoms with van der Waals surface area (Å²) in [6.07, 6.45) is 12.6. The Morgan fingerprint density at radius 3 is 1.96 bits per heavy atom. The Bertz CT molecular complexity index is 441. The van der Waals surface area contributed by atoms with E-state index in [0.717, 1.165) is 37.7 Å². The van der Waals surface area contributed by atoms with Crippen molar-refractivity contribution in [3.05, 3.63) is 35.9 Å². The molecule has 0 fully saturated rings. The summed E-state index contributed by atoms with van der Waals surface area (Å²) in [5.74, 6) is 0.157. The molecule has 24 heavy (non-hydrogen) atoms. The predicted octanol–water partition coefficient (Wildman–Crippen LogP) is 6.59. The highest BCUT2D eigenvalue weighted by Gasteiger charge is 2.37. The fraction of sp³-hybridized carbons (Fsp3) is 0.682. The van der Waals surface area contributed by atoms with Crippen LogP contribution in [0.3, 0.4) is 0 Å². The van der Waals surface area contributed by atoms with Gasteiger partial charge in [0.25, 0.3) is 0 Å². The van der Waals surface area contributed by atoms with Crippen LogP contribution in [0, 0.1) is 0 Å². The number of rotatable bonds is 14. The number of Topliss-reactive ketones (excluding diaryl/α,β-unsaturated/α-hetero) is 1. The van der Waals surface area contributed by atoms with E-state index in [-0.39, 0.29) is 5.78 Å². The first kappa shape index (κ1) is 20.9. The van der Waals surface area contributed by atoms with Crippen molar-refractivity contribution in [2.45, 2.75) is 90.1 Å². The summed E-state index contributed by atoms with van der Waals surface area (Å²) < 4.78 is 5.85. The number of ketones is 1. The minimum Gasteiger partial charge on any atom is -0.370 e. The number of carbonyl (C=O) groups excluding carboxylic acids is 1. The lowest BCUT2D eigenvalue weighted by atomic mass is 9.83. The maximum Gasteiger partial charge on any atom is 0.194 e. The first-order valence-corrected chi connectivity index (χ1v) is 9.85. The monoisotopic (exact) mass is 332 g/mol. The van der Waals surface area contributed by atoms with Crippen LogP contribution in [0.2, 0.25) is 0 Å². The first-order chi connectivity index (χ1) is 11.7. The fourth-order valence-corrected chi connectivity index (χ4v) is 3.33. The second kappa shape index (κ2) is 12.2. The highest BCUT2D eigenvalue weighted by atomic mass is 16.5. The summed E-state index contributed by atoms with van der Waals surface area (Å²) in [6.45, 7) is 4.41. The van der Waals surface area contributed by atoms with Crippen LogP contribution in [0.25, 0.3) is 0 Å². The standard InChI is InChI=1S/C22H36O2/c1-4-6-8-9-10-11-15-19-22(24-3,18-7-5-2)21(23)20-16-13-12-14-17-20/h12-14,16-17H,4-11,15,18-19H2,1-3H3. The van der Waals surface area contributed by atoms with Gasteiger partial charge in [-0.05, 0) is 12.8 Å². The summed E-state index contributed by atoms with van der Waals surface area (Å²) in [5, 5.41) is 0. The van der Waals surface area contributed by atoms with E-state index >= 15 is 0 Å². The van der Waals surface area contributed by atoms with Gasteiger partial charge in [0, 0.05) is 12.7 Å². The summed E-state index contributed by atoms with van der Waals surface area (Å²) in [4.78, 5) is 13.1. The van der Waals surface area contributed by atoms with Crippen LogP contribution in [-0.4, -0.2) is 18.5 Å². The highest BCUT2D eigenvalue weighted by molar-refractivity contribution is 6.02. The molecular weight excluding hydrogens is 296 g/mol. The van der Waals surface area contributed by atoms with Gasteiger partial charge in [-0.1, -0.05) is 102 Å². The topological polar surface area (TPSA) is 26.3 Å². The van der Waals surface area contributed by atoms with E-state index in [1.54, 1.807) is 7.11 Å². The Morgan fingerprint density at radius 1 is 0.833 bits per heavy atom. The van der Waals surface area contributed by atoms with Crippen molar-refractivity contribution in [1.29, 1.82) is 0 Å². The second-order valence-electron chi connectivity index (χ2n) is 6.87. The Balaban J connectivity index is 2.63. The van der Waals surface area contributed by atoms with E-state index in [1.165, 1.54) is 38.5 Å². The van der Waals surface area contributed by atoms with Crippen molar-refractivity contribution in [2.75, 3.05) is 7.11 Å². The normalized spacial score (nSPS) is 13.6. The van der Waals surface area contributed by atoms with Gasteiger partial charge in [0.2, 0.25) is 0 Å². The summed E-state index contributed by atoms with van der Waals surface area (Å²) in [6, 6.07) is 9.63. The van der Waals surface area contributed by atoms with Gasteiger partial charge < -0.3 is 4.74 Å². The number of carbonyl (C=O) groups is 1. The van der Waals surface area contributed by atoms with Crippen molar-refractivity contribution in [3.63, 3.8) is 0 Å². The van der Waals surface area contributed by atoms with E-state index in [1.807, 2.05) is 30.3 Å². The molecule has 2 nitrogen and oxygen atoms in total. The molecule has 1 rings (SSSR count). The molecule has 1 atom stereocenters. The number of ether oxygens (including phenoxy) is 1. The Morgan fingerprint density at radius 2 is 1.38 bits per heavy atom. The Labute approximate surface area is 149 Å². The number of unbranched alkanes of at least 4 members (excludes halogenated alkanes) is 7. The van der Waals surface area contributed by atoms with Crippen molar-refractivity contribution in [3.8, 4) is 0 Å². The first-order valence-electron chi connectivity index (χ1n) is 9.85. The highest BCUT2D eigenvalue weighted by Crippen LogP contribution is 2.30. The molecule has 0 N–H and O–H groups in total. The van der Waals surface area contributed by atoms with E-state index in [4.69, 9.17) is 4.74 Å². The molecule has 0 aliphatic carbocycles. The molecule has 0 bridgehead atoms. The molecule has 0 radical (unpaired) electrons. The fourth-order valence-electron chi connectivity index (χ4n) is 3.33. The molecule has 0 amide bonds. The zero-order valence-electron chi connectivity index (χ0n) is 16.0. The van der Waals surface area contributed by atoms with Crippen molar-refractivity contribution in [1.82, 2.24) is 0 Å². The molecule has 0 aliphatic rings. The molecule has 0 aliphatic heterocycles. The van der Waals surface area contributed by atoms with Gasteiger partial charge in [-0.25, -0.2) is 0 Å². The third-order valence-electron chi connectivity index (χ3n) is 4.96. The van der Waals surface area contributed by atoms with Crippen molar-refractivity contribution in [2.24, 2.45) is 0 Å². The van der Waals surface area contributed by atoms with E-state index in [9.17, 15) is 4.79 Å². The third-order valence-corrected chi connectivity index (χ3v) is 4.96. The summed E-state index contributed by atoms with van der Waals surface area (Å²) in [7, 11) is 1.71. The van der Waals surface area contributed by atoms with Crippen LogP contribution in [0.1, 0.15) is 94.8 Å². The molecule has 0 spiro atoms. The van der Waals surface area contributed by atoms with Gasteiger partial charge in [-0.2, -0.15) is 0 Å². The molecule has 136 valence electrons. The minimum atomic E-state index is -0.638. The van der Waals surface area contributed by atoms with Crippen LogP contribution in [0.15, 0.2) is 30.3 Å². The van der Waals surface area contributed by atoms with E-state index in [2.05, 4.69) is 13.8 Å². The quantitative estimate of drug-likeness (QED) is 0.284. The van der Waals surface area contributed by atoms with Crippen LogP contribution < -0.4 is 0 Å². The van der Waals surface area contributed by atoms with Gasteiger partial charge in [0.05, 0.1) is 0 Å². The number of benzene rings is 1. The van der Waals surface area contributed by atoms with Crippen LogP contribution in [0.5, 0.6) is 0 Å². The molecule has 0 saturated carbocycles. The smallest absolute Gasteiger partial charge is 0.194 e. The molecule has 0 heterocycles. The molecular formula is C22H36O2. The average molecular weight is 333 g/mol. The number of hydrogen-bond acceptors (Lipinski definition) is 2. The Kier molecular flexibility index (Phi) is 10.7. The van der Waals surface area contributed by atoms with Crippen molar-refractivity contribution >= 4 is 5.78 Å². The maximum absolute atomic E-state index is 13.1. The molecule has 0 aromatic heterocycles. The number of methoxy groups -OCH3 is 1. The summed E-state index contributed by atoms with van der Waals surface area (Å²) >= 11 is 0. The predicted molar refractivity (Wildman–Crippen MR) is 103 cm³/mol. The molecule has 1 unspecified atom stereocenters. The molecule has 1 aromatic carbocycles. The van der Waals surface area contributed by atoms with Gasteiger partial charge in [0.15, 0.2) is 5.78 Å². The van der Waals surface area contributed by atoms with E-state index < -0.39 is 5.60 Å².